The first kappa shape index (κ1) is 19.6. The van der Waals surface area contributed by atoms with Crippen molar-refractivity contribution in [3.05, 3.63) is 53.2 Å². The molecule has 0 spiro atoms. The minimum absolute atomic E-state index is 0.0134. The molecule has 1 unspecified atom stereocenters. The summed E-state index contributed by atoms with van der Waals surface area (Å²) in [6, 6.07) is 5.86. The standard InChI is InChI=1S/C20H21F2NO3S/c1-12(20(24)25)7-14-8-16(21)18(17(22)9-14)26-10-15-3-2-6-23-19(15)27-11-13-4-5-13/h2-3,6,8-9,12-13H,4-5,7,10-11H2,1H3,(H,24,25). The highest BCUT2D eigenvalue weighted by molar-refractivity contribution is 7.99. The summed E-state index contributed by atoms with van der Waals surface area (Å²) in [5, 5.41) is 9.75. The number of carboxylic acids is 1. The van der Waals surface area contributed by atoms with E-state index in [1.165, 1.54) is 19.8 Å². The quantitative estimate of drug-likeness (QED) is 0.626. The number of rotatable bonds is 9. The van der Waals surface area contributed by atoms with Crippen LogP contribution in [0.1, 0.15) is 30.9 Å². The average Bonchev–Trinajstić information content (AvgIpc) is 3.44. The van der Waals surface area contributed by atoms with Crippen LogP contribution < -0.4 is 4.74 Å². The second kappa shape index (κ2) is 8.69. The van der Waals surface area contributed by atoms with Gasteiger partial charge in [-0.1, -0.05) is 13.0 Å². The molecule has 1 aliphatic rings. The highest BCUT2D eigenvalue weighted by Gasteiger charge is 2.22. The molecule has 1 saturated carbocycles. The summed E-state index contributed by atoms with van der Waals surface area (Å²) in [6.45, 7) is 1.51. The fourth-order valence-electron chi connectivity index (χ4n) is 2.60. The topological polar surface area (TPSA) is 59.4 Å². The molecule has 0 amide bonds. The molecule has 0 aliphatic heterocycles. The van der Waals surface area contributed by atoms with E-state index in [1.807, 2.05) is 6.07 Å². The molecule has 1 aromatic carbocycles. The van der Waals surface area contributed by atoms with Crippen LogP contribution in [0.5, 0.6) is 5.75 Å². The van der Waals surface area contributed by atoms with Crippen molar-refractivity contribution in [1.29, 1.82) is 0 Å². The number of aromatic nitrogens is 1. The van der Waals surface area contributed by atoms with Crippen LogP contribution in [0.15, 0.2) is 35.5 Å². The van der Waals surface area contributed by atoms with Crippen molar-refractivity contribution in [3.8, 4) is 5.75 Å². The molecule has 1 aliphatic carbocycles. The Balaban J connectivity index is 1.68. The smallest absolute Gasteiger partial charge is 0.306 e. The van der Waals surface area contributed by atoms with E-state index in [9.17, 15) is 13.6 Å². The fourth-order valence-corrected chi connectivity index (χ4v) is 3.78. The Labute approximate surface area is 161 Å². The molecule has 0 radical (unpaired) electrons. The molecule has 4 nitrogen and oxygen atoms in total. The Bertz CT molecular complexity index is 804. The Morgan fingerprint density at radius 3 is 2.70 bits per heavy atom. The molecule has 0 saturated heterocycles. The van der Waals surface area contributed by atoms with Crippen molar-refractivity contribution in [3.63, 3.8) is 0 Å². The lowest BCUT2D eigenvalue weighted by molar-refractivity contribution is -0.141. The minimum Gasteiger partial charge on any atom is -0.483 e. The molecule has 144 valence electrons. The lowest BCUT2D eigenvalue weighted by Crippen LogP contribution is -2.12. The molecule has 7 heteroatoms. The predicted octanol–water partition coefficient (Wildman–Crippen LogP) is 4.70. The minimum atomic E-state index is -1.01. The maximum Gasteiger partial charge on any atom is 0.306 e. The monoisotopic (exact) mass is 393 g/mol. The first-order chi connectivity index (χ1) is 12.9. The van der Waals surface area contributed by atoms with Crippen molar-refractivity contribution in [1.82, 2.24) is 4.98 Å². The highest BCUT2D eigenvalue weighted by Crippen LogP contribution is 2.35. The summed E-state index contributed by atoms with van der Waals surface area (Å²) < 4.78 is 34.0. The van der Waals surface area contributed by atoms with E-state index in [0.717, 1.165) is 34.4 Å². The summed E-state index contributed by atoms with van der Waals surface area (Å²) in [5.41, 5.74) is 1.07. The molecule has 27 heavy (non-hydrogen) atoms. The van der Waals surface area contributed by atoms with Gasteiger partial charge in [-0.3, -0.25) is 4.79 Å². The molecule has 1 aromatic heterocycles. The van der Waals surface area contributed by atoms with Crippen LogP contribution in [-0.2, 0) is 17.8 Å². The van der Waals surface area contributed by atoms with Crippen molar-refractivity contribution in [2.24, 2.45) is 11.8 Å². The van der Waals surface area contributed by atoms with Gasteiger partial charge in [0, 0.05) is 17.5 Å². The third kappa shape index (κ3) is 5.42. The Hall–Kier alpha value is -2.15. The largest absolute Gasteiger partial charge is 0.483 e. The SMILES string of the molecule is CC(Cc1cc(F)c(OCc2cccnc2SCC2CC2)c(F)c1)C(=O)O. The van der Waals surface area contributed by atoms with E-state index in [-0.39, 0.29) is 18.6 Å². The zero-order valence-corrected chi connectivity index (χ0v) is 15.8. The van der Waals surface area contributed by atoms with Gasteiger partial charge in [-0.15, -0.1) is 11.8 Å². The lowest BCUT2D eigenvalue weighted by atomic mass is 10.0. The van der Waals surface area contributed by atoms with E-state index >= 15 is 0 Å². The first-order valence-electron chi connectivity index (χ1n) is 8.84. The first-order valence-corrected chi connectivity index (χ1v) is 9.82. The van der Waals surface area contributed by atoms with Gasteiger partial charge in [0.1, 0.15) is 11.6 Å². The van der Waals surface area contributed by atoms with Gasteiger partial charge in [0.05, 0.1) is 5.92 Å². The number of benzene rings is 1. The zero-order chi connectivity index (χ0) is 19.4. The van der Waals surface area contributed by atoms with Gasteiger partial charge >= 0.3 is 5.97 Å². The highest BCUT2D eigenvalue weighted by atomic mass is 32.2. The number of nitrogens with zero attached hydrogens (tertiary/aromatic N) is 1. The second-order valence-corrected chi connectivity index (χ2v) is 7.85. The van der Waals surface area contributed by atoms with Gasteiger partial charge in [0.25, 0.3) is 0 Å². The van der Waals surface area contributed by atoms with Gasteiger partial charge < -0.3 is 9.84 Å². The number of pyridine rings is 1. The summed E-state index contributed by atoms with van der Waals surface area (Å²) in [4.78, 5) is 15.2. The molecular formula is C20H21F2NO3S. The van der Waals surface area contributed by atoms with Crippen LogP contribution in [0.4, 0.5) is 8.78 Å². The van der Waals surface area contributed by atoms with E-state index in [4.69, 9.17) is 9.84 Å². The number of ether oxygens (including phenoxy) is 1. The van der Waals surface area contributed by atoms with Crippen molar-refractivity contribution in [2.45, 2.75) is 37.8 Å². The third-order valence-electron chi connectivity index (χ3n) is 4.40. The number of hydrogen-bond acceptors (Lipinski definition) is 4. The van der Waals surface area contributed by atoms with E-state index in [2.05, 4.69) is 4.98 Å². The van der Waals surface area contributed by atoms with Crippen LogP contribution in [-0.4, -0.2) is 21.8 Å². The number of carboxylic acid groups (broad SMARTS) is 1. The zero-order valence-electron chi connectivity index (χ0n) is 15.0. The molecule has 1 fully saturated rings. The molecule has 1 atom stereocenters. The van der Waals surface area contributed by atoms with Crippen LogP contribution in [0, 0.1) is 23.5 Å². The maximum atomic E-state index is 14.3. The predicted molar refractivity (Wildman–Crippen MR) is 98.9 cm³/mol. The summed E-state index contributed by atoms with van der Waals surface area (Å²) >= 11 is 1.64. The van der Waals surface area contributed by atoms with Gasteiger partial charge in [-0.25, -0.2) is 13.8 Å². The normalized spacial score (nSPS) is 14.8. The van der Waals surface area contributed by atoms with Gasteiger partial charge in [-0.2, -0.15) is 0 Å². The Morgan fingerprint density at radius 2 is 2.07 bits per heavy atom. The van der Waals surface area contributed by atoms with Gasteiger partial charge in [0.15, 0.2) is 17.4 Å². The summed E-state index contributed by atoms with van der Waals surface area (Å²) in [5.74, 6) is -2.13. The number of carbonyl (C=O) groups is 1. The molecular weight excluding hydrogens is 372 g/mol. The Morgan fingerprint density at radius 1 is 1.37 bits per heavy atom. The molecule has 3 rings (SSSR count). The van der Waals surface area contributed by atoms with Crippen molar-refractivity contribution in [2.75, 3.05) is 5.75 Å². The van der Waals surface area contributed by atoms with E-state index < -0.39 is 29.3 Å². The lowest BCUT2D eigenvalue weighted by Gasteiger charge is -2.13. The number of aliphatic carboxylic acids is 1. The Kier molecular flexibility index (Phi) is 6.31. The summed E-state index contributed by atoms with van der Waals surface area (Å²) in [6.07, 6.45) is 4.23. The molecule has 2 aromatic rings. The van der Waals surface area contributed by atoms with Gasteiger partial charge in [0.2, 0.25) is 0 Å². The third-order valence-corrected chi connectivity index (χ3v) is 5.68. The van der Waals surface area contributed by atoms with Crippen molar-refractivity contribution >= 4 is 17.7 Å². The molecule has 0 bridgehead atoms. The summed E-state index contributed by atoms with van der Waals surface area (Å²) in [7, 11) is 0. The maximum absolute atomic E-state index is 14.3. The average molecular weight is 393 g/mol. The van der Waals surface area contributed by atoms with E-state index in [0.29, 0.717) is 0 Å². The fraction of sp³-hybridized carbons (Fsp3) is 0.400. The molecule has 1 N–H and O–H groups in total. The number of halogens is 2. The van der Waals surface area contributed by atoms with Crippen molar-refractivity contribution < 1.29 is 23.4 Å². The van der Waals surface area contributed by atoms with Gasteiger partial charge in [-0.05, 0) is 48.9 Å². The number of hydrogen-bond donors (Lipinski definition) is 1. The number of thioether (sulfide) groups is 1. The second-order valence-electron chi connectivity index (χ2n) is 6.84. The molecule has 1 heterocycles. The van der Waals surface area contributed by atoms with E-state index in [1.54, 1.807) is 24.0 Å². The van der Waals surface area contributed by atoms with Crippen LogP contribution in [0.3, 0.4) is 0 Å². The van der Waals surface area contributed by atoms with Crippen LogP contribution >= 0.6 is 11.8 Å². The van der Waals surface area contributed by atoms with Crippen LogP contribution in [0.2, 0.25) is 0 Å². The van der Waals surface area contributed by atoms with Crippen LogP contribution in [0.25, 0.3) is 0 Å².